The Morgan fingerprint density at radius 3 is 2.96 bits per heavy atom. The topological polar surface area (TPSA) is 58.2 Å². The number of hydrogen-bond acceptors (Lipinski definition) is 3. The van der Waals surface area contributed by atoms with Gasteiger partial charge in [0.2, 0.25) is 0 Å². The number of aromatic nitrogens is 2. The van der Waals surface area contributed by atoms with Crippen molar-refractivity contribution in [3.63, 3.8) is 0 Å². The van der Waals surface area contributed by atoms with Crippen molar-refractivity contribution in [2.45, 2.75) is 45.1 Å². The van der Waals surface area contributed by atoms with Crippen LogP contribution in [0.15, 0.2) is 24.4 Å². The zero-order chi connectivity index (χ0) is 16.7. The molecule has 2 atom stereocenters. The van der Waals surface area contributed by atoms with Gasteiger partial charge < -0.3 is 9.64 Å². The van der Waals surface area contributed by atoms with Gasteiger partial charge in [-0.05, 0) is 55.5 Å². The Hall–Kier alpha value is -2.30. The molecule has 0 aliphatic carbocycles. The summed E-state index contributed by atoms with van der Waals surface area (Å²) < 4.78 is 5.97. The van der Waals surface area contributed by atoms with E-state index in [1.165, 1.54) is 11.1 Å². The molecule has 24 heavy (non-hydrogen) atoms. The first-order valence-corrected chi connectivity index (χ1v) is 8.66. The van der Waals surface area contributed by atoms with Crippen LogP contribution in [0.1, 0.15) is 41.1 Å². The summed E-state index contributed by atoms with van der Waals surface area (Å²) in [6.07, 6.45) is 4.20. The van der Waals surface area contributed by atoms with Gasteiger partial charge in [0, 0.05) is 37.3 Å². The van der Waals surface area contributed by atoms with Gasteiger partial charge in [0.25, 0.3) is 5.91 Å². The van der Waals surface area contributed by atoms with Crippen molar-refractivity contribution < 1.29 is 9.53 Å². The second kappa shape index (κ2) is 5.96. The second-order valence-electron chi connectivity index (χ2n) is 6.99. The van der Waals surface area contributed by atoms with E-state index >= 15 is 0 Å². The van der Waals surface area contributed by atoms with Crippen molar-refractivity contribution in [2.24, 2.45) is 0 Å². The summed E-state index contributed by atoms with van der Waals surface area (Å²) >= 11 is 0. The molecule has 2 aliphatic heterocycles. The minimum absolute atomic E-state index is 0.116. The van der Waals surface area contributed by atoms with Crippen LogP contribution in [0.5, 0.6) is 5.75 Å². The average molecular weight is 325 g/mol. The number of fused-ring (bicyclic) bond motifs is 1. The van der Waals surface area contributed by atoms with Gasteiger partial charge in [0.15, 0.2) is 6.10 Å². The van der Waals surface area contributed by atoms with Gasteiger partial charge in [-0.1, -0.05) is 6.07 Å². The summed E-state index contributed by atoms with van der Waals surface area (Å²) in [7, 11) is 0. The van der Waals surface area contributed by atoms with Crippen LogP contribution < -0.4 is 4.74 Å². The van der Waals surface area contributed by atoms with Crippen molar-refractivity contribution in [2.75, 3.05) is 13.1 Å². The number of aryl methyl sites for hydroxylation is 2. The van der Waals surface area contributed by atoms with Gasteiger partial charge >= 0.3 is 0 Å². The summed E-state index contributed by atoms with van der Waals surface area (Å²) in [6.45, 7) is 5.74. The van der Waals surface area contributed by atoms with Crippen LogP contribution in [0.3, 0.4) is 0 Å². The quantitative estimate of drug-likeness (QED) is 0.923. The lowest BCUT2D eigenvalue weighted by Gasteiger charge is -2.33. The zero-order valence-corrected chi connectivity index (χ0v) is 14.2. The van der Waals surface area contributed by atoms with Crippen LogP contribution in [0.4, 0.5) is 0 Å². The molecular weight excluding hydrogens is 302 g/mol. The van der Waals surface area contributed by atoms with Crippen molar-refractivity contribution in [3.05, 3.63) is 46.8 Å². The van der Waals surface area contributed by atoms with E-state index in [1.54, 1.807) is 6.20 Å². The average Bonchev–Trinajstić information content (AvgIpc) is 3.24. The van der Waals surface area contributed by atoms with E-state index in [0.29, 0.717) is 12.3 Å². The Labute approximate surface area is 142 Å². The Kier molecular flexibility index (Phi) is 3.79. The van der Waals surface area contributed by atoms with Crippen LogP contribution in [0, 0.1) is 13.8 Å². The van der Waals surface area contributed by atoms with Gasteiger partial charge in [-0.25, -0.2) is 0 Å². The minimum atomic E-state index is -0.373. The van der Waals surface area contributed by atoms with E-state index in [9.17, 15) is 4.79 Å². The highest BCUT2D eigenvalue weighted by molar-refractivity contribution is 5.83. The highest BCUT2D eigenvalue weighted by atomic mass is 16.5. The molecule has 1 fully saturated rings. The highest BCUT2D eigenvalue weighted by Gasteiger charge is 2.35. The van der Waals surface area contributed by atoms with Crippen molar-refractivity contribution in [1.82, 2.24) is 15.1 Å². The van der Waals surface area contributed by atoms with Gasteiger partial charge in [0.05, 0.1) is 0 Å². The third-order valence-corrected chi connectivity index (χ3v) is 5.32. The van der Waals surface area contributed by atoms with E-state index in [4.69, 9.17) is 4.74 Å². The lowest BCUT2D eigenvalue weighted by Crippen LogP contribution is -2.46. The Morgan fingerprint density at radius 1 is 1.33 bits per heavy atom. The Morgan fingerprint density at radius 2 is 2.17 bits per heavy atom. The maximum Gasteiger partial charge on any atom is 0.264 e. The van der Waals surface area contributed by atoms with Crippen LogP contribution >= 0.6 is 0 Å². The van der Waals surface area contributed by atoms with Gasteiger partial charge in [-0.2, -0.15) is 5.10 Å². The number of carbonyl (C=O) groups excluding carboxylic acids is 1. The monoisotopic (exact) mass is 325 g/mol. The van der Waals surface area contributed by atoms with Crippen LogP contribution in [-0.2, 0) is 11.2 Å². The van der Waals surface area contributed by atoms with Crippen molar-refractivity contribution >= 4 is 5.91 Å². The first-order valence-electron chi connectivity index (χ1n) is 8.66. The number of hydrogen-bond donors (Lipinski definition) is 1. The third-order valence-electron chi connectivity index (χ3n) is 5.32. The molecular formula is C19H23N3O2. The fraction of sp³-hybridized carbons (Fsp3) is 0.474. The molecule has 1 saturated heterocycles. The molecule has 5 nitrogen and oxygen atoms in total. The smallest absolute Gasteiger partial charge is 0.264 e. The Bertz CT molecular complexity index is 723. The fourth-order valence-electron chi connectivity index (χ4n) is 3.78. The fourth-order valence-corrected chi connectivity index (χ4v) is 3.78. The van der Waals surface area contributed by atoms with Gasteiger partial charge in [-0.3, -0.25) is 9.89 Å². The number of likely N-dealkylation sites (tertiary alicyclic amines) is 1. The van der Waals surface area contributed by atoms with E-state index in [-0.39, 0.29) is 12.0 Å². The number of nitrogens with one attached hydrogen (secondary N) is 1. The zero-order valence-electron chi connectivity index (χ0n) is 14.2. The molecule has 126 valence electrons. The molecule has 2 unspecified atom stereocenters. The number of nitrogens with zero attached hydrogens (tertiary/aromatic N) is 2. The van der Waals surface area contributed by atoms with Gasteiger partial charge in [-0.15, -0.1) is 0 Å². The molecule has 1 aromatic carbocycles. The minimum Gasteiger partial charge on any atom is -0.480 e. The number of piperidine rings is 1. The molecule has 4 rings (SSSR count). The highest BCUT2D eigenvalue weighted by Crippen LogP contribution is 2.33. The van der Waals surface area contributed by atoms with Gasteiger partial charge in [0.1, 0.15) is 5.75 Å². The number of carbonyl (C=O) groups is 1. The first kappa shape index (κ1) is 15.2. The number of amides is 1. The Balaban J connectivity index is 1.46. The standard InChI is InChI=1S/C19H23N3O2/c1-12-8-15-10-18(24-17(15)9-13(12)2)19(23)22-7-3-4-14(11-22)16-5-6-20-21-16/h5-6,8-9,14,18H,3-4,7,10-11H2,1-2H3,(H,20,21). The normalized spacial score (nSPS) is 23.0. The molecule has 0 radical (unpaired) electrons. The molecule has 3 heterocycles. The molecule has 5 heteroatoms. The molecule has 0 spiro atoms. The number of H-pyrrole nitrogens is 1. The van der Waals surface area contributed by atoms with E-state index in [1.807, 2.05) is 11.0 Å². The lowest BCUT2D eigenvalue weighted by molar-refractivity contribution is -0.139. The maximum atomic E-state index is 12.9. The molecule has 1 N–H and O–H groups in total. The molecule has 2 aromatic rings. The maximum absolute atomic E-state index is 12.9. The number of rotatable bonds is 2. The molecule has 0 bridgehead atoms. The van der Waals surface area contributed by atoms with E-state index in [0.717, 1.165) is 42.9 Å². The lowest BCUT2D eigenvalue weighted by atomic mass is 9.94. The summed E-state index contributed by atoms with van der Waals surface area (Å²) in [5.74, 6) is 1.34. The van der Waals surface area contributed by atoms with E-state index < -0.39 is 0 Å². The summed E-state index contributed by atoms with van der Waals surface area (Å²) in [4.78, 5) is 14.9. The van der Waals surface area contributed by atoms with E-state index in [2.05, 4.69) is 36.2 Å². The molecule has 1 amide bonds. The van der Waals surface area contributed by atoms with Crippen molar-refractivity contribution in [1.29, 1.82) is 0 Å². The van der Waals surface area contributed by atoms with Crippen LogP contribution in [0.2, 0.25) is 0 Å². The summed E-state index contributed by atoms with van der Waals surface area (Å²) in [5.41, 5.74) is 4.73. The number of aromatic amines is 1. The molecule has 0 saturated carbocycles. The molecule has 2 aliphatic rings. The number of benzene rings is 1. The second-order valence-corrected chi connectivity index (χ2v) is 6.99. The third kappa shape index (κ3) is 2.68. The van der Waals surface area contributed by atoms with Crippen LogP contribution in [0.25, 0.3) is 0 Å². The summed E-state index contributed by atoms with van der Waals surface area (Å²) in [6, 6.07) is 6.22. The predicted molar refractivity (Wildman–Crippen MR) is 91.2 cm³/mol. The number of ether oxygens (including phenoxy) is 1. The SMILES string of the molecule is Cc1cc2c(cc1C)OC(C(=O)N1CCCC(c3ccn[nH]3)C1)C2. The largest absolute Gasteiger partial charge is 0.480 e. The van der Waals surface area contributed by atoms with Crippen molar-refractivity contribution in [3.8, 4) is 5.75 Å². The predicted octanol–water partition coefficient (Wildman–Crippen LogP) is 2.74. The van der Waals surface area contributed by atoms with Crippen LogP contribution in [-0.4, -0.2) is 40.2 Å². The summed E-state index contributed by atoms with van der Waals surface area (Å²) in [5, 5.41) is 7.08. The first-order chi connectivity index (χ1) is 11.6. The molecule has 1 aromatic heterocycles.